The van der Waals surface area contributed by atoms with Crippen LogP contribution in [0, 0.1) is 0 Å². The minimum Gasteiger partial charge on any atom is -0.454 e. The van der Waals surface area contributed by atoms with Crippen LogP contribution < -0.4 is 4.74 Å². The maximum atomic E-state index is 9.04. The molecule has 0 amide bonds. The first-order valence-electron chi connectivity index (χ1n) is 4.99. The molecule has 0 aliphatic carbocycles. The van der Waals surface area contributed by atoms with Gasteiger partial charge in [0.2, 0.25) is 0 Å². The molecule has 6 heteroatoms. The quantitative estimate of drug-likeness (QED) is 0.858. The third-order valence-electron chi connectivity index (χ3n) is 2.19. The van der Waals surface area contributed by atoms with Crippen molar-refractivity contribution in [1.82, 2.24) is 4.98 Å². The first-order chi connectivity index (χ1) is 8.61. The van der Waals surface area contributed by atoms with Crippen molar-refractivity contribution >= 4 is 34.8 Å². The Morgan fingerprint density at radius 1 is 1.22 bits per heavy atom. The highest BCUT2D eigenvalue weighted by Crippen LogP contribution is 2.39. The lowest BCUT2D eigenvalue weighted by Gasteiger charge is -2.10. The van der Waals surface area contributed by atoms with Crippen LogP contribution in [0.5, 0.6) is 11.5 Å². The zero-order chi connectivity index (χ0) is 13.1. The van der Waals surface area contributed by atoms with Gasteiger partial charge < -0.3 is 9.84 Å². The van der Waals surface area contributed by atoms with Crippen LogP contribution in [-0.2, 0) is 6.61 Å². The van der Waals surface area contributed by atoms with Crippen LogP contribution in [-0.4, -0.2) is 10.1 Å². The molecule has 18 heavy (non-hydrogen) atoms. The predicted molar refractivity (Wildman–Crippen MR) is 71.7 cm³/mol. The number of aliphatic hydroxyl groups excluding tert-OH is 1. The summed E-state index contributed by atoms with van der Waals surface area (Å²) in [5.41, 5.74) is 0.722. The SMILES string of the molecule is OCc1cccc(Oc2c(Cl)cnc(Cl)c2Cl)c1. The second-order valence-electron chi connectivity index (χ2n) is 3.45. The van der Waals surface area contributed by atoms with Crippen LogP contribution in [0.2, 0.25) is 15.2 Å². The molecule has 0 radical (unpaired) electrons. The number of ether oxygens (including phenoxy) is 1. The van der Waals surface area contributed by atoms with Gasteiger partial charge in [-0.25, -0.2) is 4.98 Å². The van der Waals surface area contributed by atoms with Gasteiger partial charge in [-0.1, -0.05) is 46.9 Å². The van der Waals surface area contributed by atoms with Crippen LogP contribution >= 0.6 is 34.8 Å². The largest absolute Gasteiger partial charge is 0.454 e. The van der Waals surface area contributed by atoms with Gasteiger partial charge in [-0.15, -0.1) is 0 Å². The Balaban J connectivity index is 2.36. The maximum Gasteiger partial charge on any atom is 0.169 e. The van der Waals surface area contributed by atoms with E-state index in [9.17, 15) is 0 Å². The van der Waals surface area contributed by atoms with Crippen molar-refractivity contribution in [2.75, 3.05) is 0 Å². The zero-order valence-corrected chi connectivity index (χ0v) is 11.3. The molecule has 0 aliphatic heterocycles. The van der Waals surface area contributed by atoms with Gasteiger partial charge in [0.25, 0.3) is 0 Å². The molecule has 0 unspecified atom stereocenters. The predicted octanol–water partition coefficient (Wildman–Crippen LogP) is 4.33. The summed E-state index contributed by atoms with van der Waals surface area (Å²) in [7, 11) is 0. The molecule has 3 nitrogen and oxygen atoms in total. The number of hydrogen-bond donors (Lipinski definition) is 1. The summed E-state index contributed by atoms with van der Waals surface area (Å²) in [6, 6.07) is 6.93. The lowest BCUT2D eigenvalue weighted by atomic mass is 10.2. The average Bonchev–Trinajstić information content (AvgIpc) is 2.39. The summed E-state index contributed by atoms with van der Waals surface area (Å²) in [5, 5.41) is 9.58. The smallest absolute Gasteiger partial charge is 0.169 e. The Hall–Kier alpha value is -1.000. The highest BCUT2D eigenvalue weighted by Gasteiger charge is 2.13. The lowest BCUT2D eigenvalue weighted by molar-refractivity contribution is 0.281. The molecule has 0 saturated heterocycles. The molecule has 1 aromatic heterocycles. The molecule has 0 aliphatic rings. The Bertz CT molecular complexity index is 575. The van der Waals surface area contributed by atoms with Crippen LogP contribution in [0.1, 0.15) is 5.56 Å². The van der Waals surface area contributed by atoms with E-state index in [1.54, 1.807) is 24.3 Å². The van der Waals surface area contributed by atoms with E-state index in [1.807, 2.05) is 0 Å². The minimum absolute atomic E-state index is 0.0736. The summed E-state index contributed by atoms with van der Waals surface area (Å²) in [6.07, 6.45) is 1.36. The van der Waals surface area contributed by atoms with Crippen LogP contribution in [0.3, 0.4) is 0 Å². The number of aromatic nitrogens is 1. The molecule has 94 valence electrons. The Morgan fingerprint density at radius 2 is 2.00 bits per heavy atom. The van der Waals surface area contributed by atoms with E-state index < -0.39 is 0 Å². The van der Waals surface area contributed by atoms with Crippen molar-refractivity contribution in [2.45, 2.75) is 6.61 Å². The van der Waals surface area contributed by atoms with E-state index in [1.165, 1.54) is 6.20 Å². The summed E-state index contributed by atoms with van der Waals surface area (Å²) < 4.78 is 5.56. The molecule has 1 heterocycles. The topological polar surface area (TPSA) is 42.4 Å². The molecule has 0 atom stereocenters. The molecule has 0 saturated carbocycles. The van der Waals surface area contributed by atoms with Crippen molar-refractivity contribution in [3.63, 3.8) is 0 Å². The van der Waals surface area contributed by atoms with Gasteiger partial charge in [0, 0.05) is 0 Å². The summed E-state index contributed by atoms with van der Waals surface area (Å²) in [4.78, 5) is 3.80. The molecular weight excluding hydrogens is 296 g/mol. The summed E-state index contributed by atoms with van der Waals surface area (Å²) in [5.74, 6) is 0.751. The fourth-order valence-electron chi connectivity index (χ4n) is 1.35. The molecule has 0 spiro atoms. The second-order valence-corrected chi connectivity index (χ2v) is 4.59. The van der Waals surface area contributed by atoms with Gasteiger partial charge >= 0.3 is 0 Å². The molecule has 0 fully saturated rings. The van der Waals surface area contributed by atoms with E-state index in [-0.39, 0.29) is 27.6 Å². The maximum absolute atomic E-state index is 9.04. The van der Waals surface area contributed by atoms with Gasteiger partial charge in [-0.3, -0.25) is 0 Å². The van der Waals surface area contributed by atoms with E-state index in [4.69, 9.17) is 44.6 Å². The van der Waals surface area contributed by atoms with Gasteiger partial charge in [0.15, 0.2) is 10.9 Å². The van der Waals surface area contributed by atoms with Crippen LogP contribution in [0.15, 0.2) is 30.5 Å². The first kappa shape index (κ1) is 13.4. The van der Waals surface area contributed by atoms with E-state index in [0.29, 0.717) is 5.75 Å². The molecule has 0 bridgehead atoms. The van der Waals surface area contributed by atoms with Gasteiger partial charge in [0.05, 0.1) is 12.8 Å². The van der Waals surface area contributed by atoms with Crippen molar-refractivity contribution in [3.05, 3.63) is 51.2 Å². The summed E-state index contributed by atoms with van der Waals surface area (Å²) >= 11 is 17.7. The van der Waals surface area contributed by atoms with Crippen LogP contribution in [0.25, 0.3) is 0 Å². The number of benzene rings is 1. The number of aliphatic hydroxyl groups is 1. The molecule has 1 aromatic carbocycles. The van der Waals surface area contributed by atoms with Crippen molar-refractivity contribution in [2.24, 2.45) is 0 Å². The molecular formula is C12H8Cl3NO2. The van der Waals surface area contributed by atoms with Crippen LogP contribution in [0.4, 0.5) is 0 Å². The highest BCUT2D eigenvalue weighted by molar-refractivity contribution is 6.43. The standard InChI is InChI=1S/C12H8Cl3NO2/c13-9-5-16-12(15)10(14)11(9)18-8-3-1-2-7(4-8)6-17/h1-5,17H,6H2. The number of rotatable bonds is 3. The van der Waals surface area contributed by atoms with Gasteiger partial charge in [-0.05, 0) is 17.7 Å². The third-order valence-corrected chi connectivity index (χ3v) is 3.19. The zero-order valence-electron chi connectivity index (χ0n) is 9.03. The Labute approximate surface area is 119 Å². The van der Waals surface area contributed by atoms with Crippen molar-refractivity contribution in [1.29, 1.82) is 0 Å². The Kier molecular flexibility index (Phi) is 4.30. The van der Waals surface area contributed by atoms with Gasteiger partial charge in [-0.2, -0.15) is 0 Å². The van der Waals surface area contributed by atoms with Crippen molar-refractivity contribution < 1.29 is 9.84 Å². The normalized spacial score (nSPS) is 10.4. The number of nitrogens with zero attached hydrogens (tertiary/aromatic N) is 1. The number of halogens is 3. The number of pyridine rings is 1. The highest BCUT2D eigenvalue weighted by atomic mass is 35.5. The van der Waals surface area contributed by atoms with E-state index >= 15 is 0 Å². The fourth-order valence-corrected chi connectivity index (χ4v) is 1.90. The Morgan fingerprint density at radius 3 is 2.72 bits per heavy atom. The fraction of sp³-hybridized carbons (Fsp3) is 0.0833. The minimum atomic E-state index is -0.0736. The van der Waals surface area contributed by atoms with Gasteiger partial charge in [0.1, 0.15) is 15.8 Å². The molecule has 1 N–H and O–H groups in total. The molecule has 2 aromatic rings. The lowest BCUT2D eigenvalue weighted by Crippen LogP contribution is -1.90. The van der Waals surface area contributed by atoms with Crippen molar-refractivity contribution in [3.8, 4) is 11.5 Å². The molecule has 2 rings (SSSR count). The second kappa shape index (κ2) is 5.76. The monoisotopic (exact) mass is 303 g/mol. The van der Waals surface area contributed by atoms with E-state index in [0.717, 1.165) is 5.56 Å². The number of hydrogen-bond acceptors (Lipinski definition) is 3. The van der Waals surface area contributed by atoms with E-state index in [2.05, 4.69) is 4.98 Å². The summed E-state index contributed by atoms with van der Waals surface area (Å²) in [6.45, 7) is -0.0736. The first-order valence-corrected chi connectivity index (χ1v) is 6.12. The third kappa shape index (κ3) is 2.87. The average molecular weight is 305 g/mol.